The van der Waals surface area contributed by atoms with Gasteiger partial charge in [-0.3, -0.25) is 4.79 Å². The summed E-state index contributed by atoms with van der Waals surface area (Å²) in [5.41, 5.74) is 1.39. The molecule has 3 N–H and O–H groups in total. The maximum atomic E-state index is 12.0. The second kappa shape index (κ2) is 7.53. The van der Waals surface area contributed by atoms with Crippen LogP contribution in [0.1, 0.15) is 37.6 Å². The van der Waals surface area contributed by atoms with Gasteiger partial charge in [0.1, 0.15) is 6.04 Å². The number of anilines is 1. The van der Waals surface area contributed by atoms with E-state index in [9.17, 15) is 9.59 Å². The minimum atomic E-state index is -1.00. The molecular weight excluding hydrogens is 256 g/mol. The highest BCUT2D eigenvalue weighted by Gasteiger charge is 2.21. The summed E-state index contributed by atoms with van der Waals surface area (Å²) >= 11 is 0. The molecule has 0 radical (unpaired) electrons. The highest BCUT2D eigenvalue weighted by Crippen LogP contribution is 2.11. The SMILES string of the molecule is CCNc1ccc(C(=O)NC(CC(C)C)C(=O)O)cc1. The molecule has 5 nitrogen and oxygen atoms in total. The van der Waals surface area contributed by atoms with Crippen molar-refractivity contribution in [3.05, 3.63) is 29.8 Å². The van der Waals surface area contributed by atoms with Gasteiger partial charge in [-0.2, -0.15) is 0 Å². The zero-order valence-corrected chi connectivity index (χ0v) is 12.1. The Balaban J connectivity index is 2.70. The van der Waals surface area contributed by atoms with Crippen LogP contribution in [-0.4, -0.2) is 29.6 Å². The van der Waals surface area contributed by atoms with Gasteiger partial charge in [0.15, 0.2) is 0 Å². The molecule has 0 saturated heterocycles. The molecule has 0 spiro atoms. The lowest BCUT2D eigenvalue weighted by atomic mass is 10.0. The lowest BCUT2D eigenvalue weighted by molar-refractivity contribution is -0.139. The quantitative estimate of drug-likeness (QED) is 0.715. The van der Waals surface area contributed by atoms with E-state index < -0.39 is 12.0 Å². The molecule has 0 fully saturated rings. The van der Waals surface area contributed by atoms with E-state index in [2.05, 4.69) is 10.6 Å². The first-order chi connectivity index (χ1) is 9.43. The largest absolute Gasteiger partial charge is 0.480 e. The molecule has 0 aliphatic heterocycles. The summed E-state index contributed by atoms with van der Waals surface area (Å²) in [6, 6.07) is 6.12. The zero-order chi connectivity index (χ0) is 15.1. The van der Waals surface area contributed by atoms with Crippen molar-refractivity contribution in [2.45, 2.75) is 33.2 Å². The van der Waals surface area contributed by atoms with Gasteiger partial charge >= 0.3 is 5.97 Å². The smallest absolute Gasteiger partial charge is 0.326 e. The summed E-state index contributed by atoms with van der Waals surface area (Å²) in [6.07, 6.45) is 0.413. The van der Waals surface area contributed by atoms with Gasteiger partial charge in [0.2, 0.25) is 0 Å². The lowest BCUT2D eigenvalue weighted by Crippen LogP contribution is -2.41. The number of aliphatic carboxylic acids is 1. The number of carboxylic acids is 1. The number of carboxylic acid groups (broad SMARTS) is 1. The molecule has 5 heteroatoms. The first-order valence-corrected chi connectivity index (χ1v) is 6.81. The summed E-state index contributed by atoms with van der Waals surface area (Å²) in [4.78, 5) is 23.1. The van der Waals surface area contributed by atoms with Gasteiger partial charge in [-0.1, -0.05) is 13.8 Å². The monoisotopic (exact) mass is 278 g/mol. The van der Waals surface area contributed by atoms with Crippen LogP contribution in [0.15, 0.2) is 24.3 Å². The van der Waals surface area contributed by atoms with Crippen LogP contribution in [0.2, 0.25) is 0 Å². The fourth-order valence-corrected chi connectivity index (χ4v) is 1.88. The number of carbonyl (C=O) groups is 2. The summed E-state index contributed by atoms with van der Waals surface area (Å²) in [5, 5.41) is 14.8. The average molecular weight is 278 g/mol. The number of nitrogens with one attached hydrogen (secondary N) is 2. The predicted octanol–water partition coefficient (Wildman–Crippen LogP) is 2.35. The normalized spacial score (nSPS) is 12.0. The Morgan fingerprint density at radius 3 is 2.25 bits per heavy atom. The molecule has 1 aromatic rings. The third-order valence-corrected chi connectivity index (χ3v) is 2.84. The summed E-state index contributed by atoms with van der Waals surface area (Å²) in [6.45, 7) is 6.64. The number of hydrogen-bond donors (Lipinski definition) is 3. The Kier molecular flexibility index (Phi) is 6.03. The van der Waals surface area contributed by atoms with E-state index in [1.807, 2.05) is 20.8 Å². The van der Waals surface area contributed by atoms with Crippen LogP contribution in [0, 0.1) is 5.92 Å². The van der Waals surface area contributed by atoms with Gasteiger partial charge in [-0.25, -0.2) is 4.79 Å². The third kappa shape index (κ3) is 4.91. The number of carbonyl (C=O) groups excluding carboxylic acids is 1. The maximum Gasteiger partial charge on any atom is 0.326 e. The standard InChI is InChI=1S/C15H22N2O3/c1-4-16-12-7-5-11(6-8-12)14(18)17-13(15(19)20)9-10(2)3/h5-8,10,13,16H,4,9H2,1-3H3,(H,17,18)(H,19,20). The summed E-state index contributed by atoms with van der Waals surface area (Å²) in [7, 11) is 0. The molecule has 0 aliphatic carbocycles. The van der Waals surface area contributed by atoms with E-state index in [0.717, 1.165) is 12.2 Å². The van der Waals surface area contributed by atoms with Crippen molar-refractivity contribution in [2.24, 2.45) is 5.92 Å². The number of benzene rings is 1. The maximum absolute atomic E-state index is 12.0. The predicted molar refractivity (Wildman–Crippen MR) is 79.0 cm³/mol. The zero-order valence-electron chi connectivity index (χ0n) is 12.1. The molecule has 110 valence electrons. The highest BCUT2D eigenvalue weighted by molar-refractivity contribution is 5.96. The van der Waals surface area contributed by atoms with Gasteiger partial charge in [0, 0.05) is 17.8 Å². The molecule has 0 heterocycles. The van der Waals surface area contributed by atoms with Gasteiger partial charge < -0.3 is 15.7 Å². The number of hydrogen-bond acceptors (Lipinski definition) is 3. The number of amides is 1. The summed E-state index contributed by atoms with van der Waals surface area (Å²) in [5.74, 6) is -1.16. The lowest BCUT2D eigenvalue weighted by Gasteiger charge is -2.16. The van der Waals surface area contributed by atoms with Crippen LogP contribution in [0.5, 0.6) is 0 Å². The fourth-order valence-electron chi connectivity index (χ4n) is 1.88. The fraction of sp³-hybridized carbons (Fsp3) is 0.467. The van der Waals surface area contributed by atoms with Crippen LogP contribution >= 0.6 is 0 Å². The van der Waals surface area contributed by atoms with Crippen molar-refractivity contribution < 1.29 is 14.7 Å². The molecule has 1 unspecified atom stereocenters. The van der Waals surface area contributed by atoms with E-state index in [1.165, 1.54) is 0 Å². The molecule has 1 atom stereocenters. The first-order valence-electron chi connectivity index (χ1n) is 6.81. The van der Waals surface area contributed by atoms with E-state index in [1.54, 1.807) is 24.3 Å². The van der Waals surface area contributed by atoms with Crippen LogP contribution < -0.4 is 10.6 Å². The molecule has 0 saturated carbocycles. The molecule has 0 aromatic heterocycles. The number of rotatable bonds is 7. The minimum Gasteiger partial charge on any atom is -0.480 e. The molecule has 0 bridgehead atoms. The van der Waals surface area contributed by atoms with Crippen molar-refractivity contribution in [1.82, 2.24) is 5.32 Å². The molecule has 1 amide bonds. The van der Waals surface area contributed by atoms with E-state index in [0.29, 0.717) is 12.0 Å². The Bertz CT molecular complexity index is 455. The van der Waals surface area contributed by atoms with E-state index in [-0.39, 0.29) is 11.8 Å². The molecule has 0 aliphatic rings. The Labute approximate surface area is 119 Å². The van der Waals surface area contributed by atoms with E-state index in [4.69, 9.17) is 5.11 Å². The second-order valence-electron chi connectivity index (χ2n) is 5.10. The average Bonchev–Trinajstić information content (AvgIpc) is 2.38. The topological polar surface area (TPSA) is 78.4 Å². The van der Waals surface area contributed by atoms with Crippen LogP contribution in [0.25, 0.3) is 0 Å². The van der Waals surface area contributed by atoms with E-state index >= 15 is 0 Å². The van der Waals surface area contributed by atoms with Crippen molar-refractivity contribution in [2.75, 3.05) is 11.9 Å². The van der Waals surface area contributed by atoms with Crippen molar-refractivity contribution >= 4 is 17.6 Å². The van der Waals surface area contributed by atoms with Crippen LogP contribution in [0.4, 0.5) is 5.69 Å². The van der Waals surface area contributed by atoms with Gasteiger partial charge in [-0.15, -0.1) is 0 Å². The molecule has 1 aromatic carbocycles. The highest BCUT2D eigenvalue weighted by atomic mass is 16.4. The van der Waals surface area contributed by atoms with Crippen molar-refractivity contribution in [3.63, 3.8) is 0 Å². The van der Waals surface area contributed by atoms with Gasteiger partial charge in [0.25, 0.3) is 5.91 Å². The van der Waals surface area contributed by atoms with Gasteiger partial charge in [0.05, 0.1) is 0 Å². The molecule has 1 rings (SSSR count). The molecule has 20 heavy (non-hydrogen) atoms. The Hall–Kier alpha value is -2.04. The Morgan fingerprint density at radius 2 is 1.80 bits per heavy atom. The first kappa shape index (κ1) is 16.0. The van der Waals surface area contributed by atoms with Crippen molar-refractivity contribution in [1.29, 1.82) is 0 Å². The van der Waals surface area contributed by atoms with Crippen LogP contribution in [-0.2, 0) is 4.79 Å². The van der Waals surface area contributed by atoms with Crippen LogP contribution in [0.3, 0.4) is 0 Å². The minimum absolute atomic E-state index is 0.201. The third-order valence-electron chi connectivity index (χ3n) is 2.84. The van der Waals surface area contributed by atoms with Gasteiger partial charge in [-0.05, 0) is 43.5 Å². The second-order valence-corrected chi connectivity index (χ2v) is 5.10. The summed E-state index contributed by atoms with van der Waals surface area (Å²) < 4.78 is 0. The van der Waals surface area contributed by atoms with Crippen molar-refractivity contribution in [3.8, 4) is 0 Å². The Morgan fingerprint density at radius 1 is 1.20 bits per heavy atom. The molecular formula is C15H22N2O3.